The number of benzene rings is 3. The van der Waals surface area contributed by atoms with Crippen LogP contribution in [0.4, 0.5) is 10.8 Å². The van der Waals surface area contributed by atoms with E-state index >= 15 is 0 Å². The number of carbonyl (C=O) groups excluding carboxylic acids is 3. The van der Waals surface area contributed by atoms with Crippen LogP contribution >= 0.6 is 11.3 Å². The maximum absolute atomic E-state index is 12.5. The maximum Gasteiger partial charge on any atom is 0.337 e. The van der Waals surface area contributed by atoms with Gasteiger partial charge in [0.15, 0.2) is 5.13 Å². The average molecular weight is 431 g/mol. The Morgan fingerprint density at radius 3 is 2.16 bits per heavy atom. The molecule has 8 heteroatoms. The van der Waals surface area contributed by atoms with Gasteiger partial charge in [0.25, 0.3) is 11.8 Å². The number of methoxy groups -OCH3 is 1. The van der Waals surface area contributed by atoms with Crippen LogP contribution in [0, 0.1) is 0 Å². The second-order valence-electron chi connectivity index (χ2n) is 6.54. The normalized spacial score (nSPS) is 10.5. The molecular weight excluding hydrogens is 414 g/mol. The van der Waals surface area contributed by atoms with Crippen LogP contribution in [0.25, 0.3) is 10.2 Å². The van der Waals surface area contributed by atoms with E-state index in [2.05, 4.69) is 20.4 Å². The van der Waals surface area contributed by atoms with Crippen molar-refractivity contribution in [3.05, 3.63) is 89.5 Å². The summed E-state index contributed by atoms with van der Waals surface area (Å²) in [5, 5.41) is 6.06. The predicted octanol–water partition coefficient (Wildman–Crippen LogP) is 4.59. The van der Waals surface area contributed by atoms with Crippen molar-refractivity contribution in [2.75, 3.05) is 17.7 Å². The Labute approximate surface area is 181 Å². The Morgan fingerprint density at radius 2 is 1.45 bits per heavy atom. The maximum atomic E-state index is 12.5. The van der Waals surface area contributed by atoms with Crippen molar-refractivity contribution in [2.24, 2.45) is 0 Å². The Morgan fingerprint density at radius 1 is 0.806 bits per heavy atom. The number of rotatable bonds is 5. The zero-order chi connectivity index (χ0) is 21.8. The lowest BCUT2D eigenvalue weighted by molar-refractivity contribution is 0.0600. The van der Waals surface area contributed by atoms with E-state index in [1.54, 1.807) is 48.5 Å². The van der Waals surface area contributed by atoms with E-state index in [9.17, 15) is 14.4 Å². The Kier molecular flexibility index (Phi) is 5.72. The number of ether oxygens (including phenoxy) is 1. The van der Waals surface area contributed by atoms with Gasteiger partial charge in [0, 0.05) is 16.8 Å². The molecule has 0 saturated heterocycles. The van der Waals surface area contributed by atoms with E-state index in [0.29, 0.717) is 33.0 Å². The van der Waals surface area contributed by atoms with Crippen LogP contribution in [0.15, 0.2) is 72.8 Å². The minimum absolute atomic E-state index is 0.201. The van der Waals surface area contributed by atoms with Gasteiger partial charge in [-0.25, -0.2) is 9.78 Å². The molecular formula is C23H17N3O4S. The molecule has 3 aromatic carbocycles. The molecule has 0 fully saturated rings. The van der Waals surface area contributed by atoms with Crippen LogP contribution in [0.3, 0.4) is 0 Å². The third-order valence-corrected chi connectivity index (χ3v) is 5.40. The summed E-state index contributed by atoms with van der Waals surface area (Å²) in [4.78, 5) is 40.7. The van der Waals surface area contributed by atoms with E-state index in [1.807, 2.05) is 12.1 Å². The van der Waals surface area contributed by atoms with E-state index in [4.69, 9.17) is 0 Å². The predicted molar refractivity (Wildman–Crippen MR) is 120 cm³/mol. The third-order valence-electron chi connectivity index (χ3n) is 4.47. The molecule has 0 aliphatic carbocycles. The average Bonchev–Trinajstić information content (AvgIpc) is 3.20. The number of aromatic nitrogens is 1. The highest BCUT2D eigenvalue weighted by molar-refractivity contribution is 7.22. The van der Waals surface area contributed by atoms with Crippen molar-refractivity contribution in [3.63, 3.8) is 0 Å². The summed E-state index contributed by atoms with van der Waals surface area (Å²) in [5.74, 6) is -1.00. The zero-order valence-corrected chi connectivity index (χ0v) is 17.2. The van der Waals surface area contributed by atoms with Gasteiger partial charge < -0.3 is 10.1 Å². The lowest BCUT2D eigenvalue weighted by Crippen LogP contribution is -2.12. The molecule has 0 spiro atoms. The summed E-state index contributed by atoms with van der Waals surface area (Å²) in [6, 6.07) is 20.5. The zero-order valence-electron chi connectivity index (χ0n) is 16.4. The fourth-order valence-electron chi connectivity index (χ4n) is 2.89. The second kappa shape index (κ2) is 8.76. The second-order valence-corrected chi connectivity index (χ2v) is 7.58. The van der Waals surface area contributed by atoms with Crippen LogP contribution in [0.2, 0.25) is 0 Å². The summed E-state index contributed by atoms with van der Waals surface area (Å²) in [6.45, 7) is 0. The van der Waals surface area contributed by atoms with Crippen molar-refractivity contribution >= 4 is 50.2 Å². The van der Waals surface area contributed by atoms with Gasteiger partial charge >= 0.3 is 5.97 Å². The lowest BCUT2D eigenvalue weighted by atomic mass is 10.1. The van der Waals surface area contributed by atoms with Crippen LogP contribution in [0.5, 0.6) is 0 Å². The van der Waals surface area contributed by atoms with E-state index in [1.165, 1.54) is 30.6 Å². The molecule has 7 nitrogen and oxygen atoms in total. The first kappa shape index (κ1) is 20.2. The van der Waals surface area contributed by atoms with Gasteiger partial charge in [0.1, 0.15) is 0 Å². The molecule has 0 aliphatic rings. The van der Waals surface area contributed by atoms with Gasteiger partial charge in [-0.15, -0.1) is 0 Å². The number of nitrogens with one attached hydrogen (secondary N) is 2. The summed E-state index contributed by atoms with van der Waals surface area (Å²) in [7, 11) is 1.30. The van der Waals surface area contributed by atoms with Crippen LogP contribution in [-0.2, 0) is 4.74 Å². The quantitative estimate of drug-likeness (QED) is 0.451. The Bertz CT molecular complexity index is 1270. The molecule has 4 aromatic rings. The summed E-state index contributed by atoms with van der Waals surface area (Å²) >= 11 is 1.30. The first-order valence-electron chi connectivity index (χ1n) is 9.30. The highest BCUT2D eigenvalue weighted by atomic mass is 32.1. The fraction of sp³-hybridized carbons (Fsp3) is 0.0435. The van der Waals surface area contributed by atoms with Crippen LogP contribution in [0.1, 0.15) is 31.1 Å². The highest BCUT2D eigenvalue weighted by Crippen LogP contribution is 2.29. The molecule has 31 heavy (non-hydrogen) atoms. The van der Waals surface area contributed by atoms with Gasteiger partial charge in [0.2, 0.25) is 0 Å². The standard InChI is InChI=1S/C23H17N3O4S/c1-30-22(29)16-9-7-15(8-10-16)21(28)26-23-25-18-12-11-17(13-19(18)31-23)24-20(27)14-5-3-2-4-6-14/h2-13H,1H3,(H,24,27)(H,25,26,28). The molecule has 0 unspecified atom stereocenters. The van der Waals surface area contributed by atoms with Crippen LogP contribution in [-0.4, -0.2) is 29.9 Å². The molecule has 0 aliphatic heterocycles. The van der Waals surface area contributed by atoms with E-state index in [-0.39, 0.29) is 11.8 Å². The summed E-state index contributed by atoms with van der Waals surface area (Å²) < 4.78 is 5.47. The number of esters is 1. The van der Waals surface area contributed by atoms with E-state index < -0.39 is 5.97 Å². The van der Waals surface area contributed by atoms with Gasteiger partial charge in [-0.2, -0.15) is 0 Å². The molecule has 0 atom stereocenters. The van der Waals surface area contributed by atoms with Crippen molar-refractivity contribution in [3.8, 4) is 0 Å². The number of carbonyl (C=O) groups is 3. The van der Waals surface area contributed by atoms with E-state index in [0.717, 1.165) is 4.70 Å². The SMILES string of the molecule is COC(=O)c1ccc(C(=O)Nc2nc3ccc(NC(=O)c4ccccc4)cc3s2)cc1. The molecule has 1 aromatic heterocycles. The number of fused-ring (bicyclic) bond motifs is 1. The molecule has 0 bridgehead atoms. The van der Waals surface area contributed by atoms with Crippen LogP contribution < -0.4 is 10.6 Å². The molecule has 2 amide bonds. The molecule has 1 heterocycles. The van der Waals surface area contributed by atoms with Crippen molar-refractivity contribution in [1.29, 1.82) is 0 Å². The van der Waals surface area contributed by atoms with Gasteiger partial charge in [-0.1, -0.05) is 29.5 Å². The molecule has 0 saturated carbocycles. The molecule has 154 valence electrons. The number of anilines is 2. The molecule has 4 rings (SSSR count). The van der Waals surface area contributed by atoms with Gasteiger partial charge in [0.05, 0.1) is 22.9 Å². The number of thiazole rings is 1. The third kappa shape index (κ3) is 4.59. The van der Waals surface area contributed by atoms with Crippen molar-refractivity contribution in [1.82, 2.24) is 4.98 Å². The monoisotopic (exact) mass is 431 g/mol. The van der Waals surface area contributed by atoms with Gasteiger partial charge in [-0.3, -0.25) is 14.9 Å². The van der Waals surface area contributed by atoms with Gasteiger partial charge in [-0.05, 0) is 54.6 Å². The highest BCUT2D eigenvalue weighted by Gasteiger charge is 2.13. The van der Waals surface area contributed by atoms with Crippen molar-refractivity contribution in [2.45, 2.75) is 0 Å². The minimum atomic E-state index is -0.465. The summed E-state index contributed by atoms with van der Waals surface area (Å²) in [6.07, 6.45) is 0. The minimum Gasteiger partial charge on any atom is -0.465 e. The smallest absolute Gasteiger partial charge is 0.337 e. The fourth-order valence-corrected chi connectivity index (χ4v) is 3.79. The largest absolute Gasteiger partial charge is 0.465 e. The lowest BCUT2D eigenvalue weighted by Gasteiger charge is -2.04. The Balaban J connectivity index is 1.47. The first-order chi connectivity index (χ1) is 15.0. The molecule has 2 N–H and O–H groups in total. The summed E-state index contributed by atoms with van der Waals surface area (Å²) in [5.41, 5.74) is 2.67. The first-order valence-corrected chi connectivity index (χ1v) is 10.1. The number of amides is 2. The number of nitrogens with zero attached hydrogens (tertiary/aromatic N) is 1. The topological polar surface area (TPSA) is 97.4 Å². The molecule has 0 radical (unpaired) electrons. The number of hydrogen-bond donors (Lipinski definition) is 2. The number of hydrogen-bond acceptors (Lipinski definition) is 6. The Hall–Kier alpha value is -4.04. The van der Waals surface area contributed by atoms with Crippen molar-refractivity contribution < 1.29 is 19.1 Å².